The first-order valence-corrected chi connectivity index (χ1v) is 7.56. The van der Waals surface area contributed by atoms with Crippen LogP contribution in [0.3, 0.4) is 0 Å². The number of benzene rings is 2. The Morgan fingerprint density at radius 3 is 2.25 bits per heavy atom. The van der Waals surface area contributed by atoms with Crippen LogP contribution in [-0.4, -0.2) is 17.9 Å². The molecule has 3 rings (SSSR count). The van der Waals surface area contributed by atoms with Gasteiger partial charge in [-0.25, -0.2) is 4.39 Å². The Hall–Kier alpha value is -2.24. The van der Waals surface area contributed by atoms with Gasteiger partial charge in [0, 0.05) is 12.0 Å². The number of ether oxygens (including phenoxy) is 1. The van der Waals surface area contributed by atoms with Crippen LogP contribution in [0.1, 0.15) is 24.0 Å². The van der Waals surface area contributed by atoms with Crippen molar-refractivity contribution in [2.75, 3.05) is 6.61 Å². The molecule has 0 saturated heterocycles. The van der Waals surface area contributed by atoms with E-state index < -0.39 is 17.4 Å². The van der Waals surface area contributed by atoms with Crippen molar-refractivity contribution in [3.05, 3.63) is 59.4 Å². The highest BCUT2D eigenvalue weighted by molar-refractivity contribution is 5.38. The van der Waals surface area contributed by atoms with Gasteiger partial charge in [0.1, 0.15) is 29.3 Å². The number of phenolic OH excluding ortho intramolecular Hbond substituents is 1. The number of hydrogen-bond acceptors (Lipinski definition) is 2. The highest BCUT2D eigenvalue weighted by Gasteiger charge is 2.63. The summed E-state index contributed by atoms with van der Waals surface area (Å²) < 4.78 is 57.5. The SMILES string of the molecule is Oc1cccc(F)c1Cc1ccc(OCC2(C(F)(F)F)CC2)cc1. The monoisotopic (exact) mass is 340 g/mol. The van der Waals surface area contributed by atoms with E-state index in [-0.39, 0.29) is 37.2 Å². The fraction of sp³-hybridized carbons (Fsp3) is 0.333. The van der Waals surface area contributed by atoms with Crippen LogP contribution >= 0.6 is 0 Å². The molecule has 2 nitrogen and oxygen atoms in total. The van der Waals surface area contributed by atoms with Gasteiger partial charge in [0.25, 0.3) is 0 Å². The molecule has 1 saturated carbocycles. The number of phenols is 1. The van der Waals surface area contributed by atoms with Crippen molar-refractivity contribution in [1.82, 2.24) is 0 Å². The third-order valence-electron chi connectivity index (χ3n) is 4.37. The topological polar surface area (TPSA) is 29.5 Å². The molecule has 2 aromatic carbocycles. The molecule has 0 atom stereocenters. The predicted molar refractivity (Wildman–Crippen MR) is 80.5 cm³/mol. The number of halogens is 4. The van der Waals surface area contributed by atoms with E-state index in [2.05, 4.69) is 0 Å². The Bertz CT molecular complexity index is 699. The molecule has 1 N–H and O–H groups in total. The van der Waals surface area contributed by atoms with E-state index in [1.807, 2.05) is 0 Å². The number of hydrogen-bond donors (Lipinski definition) is 1. The van der Waals surface area contributed by atoms with Crippen molar-refractivity contribution in [3.63, 3.8) is 0 Å². The minimum absolute atomic E-state index is 0.0984. The lowest BCUT2D eigenvalue weighted by Gasteiger charge is -2.19. The van der Waals surface area contributed by atoms with Gasteiger partial charge >= 0.3 is 6.18 Å². The fourth-order valence-electron chi connectivity index (χ4n) is 2.51. The van der Waals surface area contributed by atoms with Gasteiger partial charge in [0.2, 0.25) is 0 Å². The Morgan fingerprint density at radius 2 is 1.71 bits per heavy atom. The molecule has 2 aromatic rings. The second-order valence-electron chi connectivity index (χ2n) is 6.13. The third kappa shape index (κ3) is 3.32. The standard InChI is InChI=1S/C18H16F4O2/c19-15-2-1-3-16(23)14(15)10-12-4-6-13(7-5-12)24-11-17(8-9-17)18(20,21)22/h1-7,23H,8-11H2. The van der Waals surface area contributed by atoms with Gasteiger partial charge in [0.15, 0.2) is 0 Å². The molecule has 0 amide bonds. The van der Waals surface area contributed by atoms with E-state index in [0.717, 1.165) is 5.56 Å². The highest BCUT2D eigenvalue weighted by atomic mass is 19.4. The van der Waals surface area contributed by atoms with Crippen LogP contribution in [0.4, 0.5) is 17.6 Å². The van der Waals surface area contributed by atoms with Gasteiger partial charge in [-0.1, -0.05) is 18.2 Å². The summed E-state index contributed by atoms with van der Waals surface area (Å²) in [6.45, 7) is -0.385. The average molecular weight is 340 g/mol. The van der Waals surface area contributed by atoms with E-state index >= 15 is 0 Å². The van der Waals surface area contributed by atoms with Crippen molar-refractivity contribution in [3.8, 4) is 11.5 Å². The normalized spacial score (nSPS) is 16.0. The molecule has 0 spiro atoms. The van der Waals surface area contributed by atoms with Gasteiger partial charge < -0.3 is 9.84 Å². The van der Waals surface area contributed by atoms with Crippen LogP contribution in [-0.2, 0) is 6.42 Å². The average Bonchev–Trinajstić information content (AvgIpc) is 3.31. The molecule has 1 aliphatic rings. The summed E-state index contributed by atoms with van der Waals surface area (Å²) in [4.78, 5) is 0. The summed E-state index contributed by atoms with van der Waals surface area (Å²) >= 11 is 0. The summed E-state index contributed by atoms with van der Waals surface area (Å²) in [5, 5.41) is 9.69. The fourth-order valence-corrected chi connectivity index (χ4v) is 2.51. The van der Waals surface area contributed by atoms with E-state index in [4.69, 9.17) is 4.74 Å². The molecule has 0 aliphatic heterocycles. The Balaban J connectivity index is 1.64. The maximum atomic E-state index is 13.7. The number of aromatic hydroxyl groups is 1. The van der Waals surface area contributed by atoms with Crippen molar-refractivity contribution >= 4 is 0 Å². The zero-order chi connectivity index (χ0) is 17.4. The van der Waals surface area contributed by atoms with Gasteiger partial charge in [-0.15, -0.1) is 0 Å². The van der Waals surface area contributed by atoms with Crippen molar-refractivity contribution in [2.24, 2.45) is 5.41 Å². The van der Waals surface area contributed by atoms with Crippen LogP contribution in [0.2, 0.25) is 0 Å². The molecule has 0 heterocycles. The maximum Gasteiger partial charge on any atom is 0.397 e. The molecular formula is C18H16F4O2. The van der Waals surface area contributed by atoms with Gasteiger partial charge in [-0.3, -0.25) is 0 Å². The lowest BCUT2D eigenvalue weighted by Crippen LogP contribution is -2.30. The first-order valence-electron chi connectivity index (χ1n) is 7.56. The number of alkyl halides is 3. The first-order chi connectivity index (χ1) is 11.3. The Labute approximate surface area is 136 Å². The minimum atomic E-state index is -4.24. The largest absolute Gasteiger partial charge is 0.508 e. The summed E-state index contributed by atoms with van der Waals surface area (Å²) in [6, 6.07) is 10.5. The zero-order valence-electron chi connectivity index (χ0n) is 12.7. The minimum Gasteiger partial charge on any atom is -0.508 e. The first kappa shape index (κ1) is 16.6. The molecular weight excluding hydrogens is 324 g/mol. The molecule has 128 valence electrons. The van der Waals surface area contributed by atoms with Gasteiger partial charge in [0.05, 0.1) is 0 Å². The second-order valence-corrected chi connectivity index (χ2v) is 6.13. The molecule has 6 heteroatoms. The second kappa shape index (κ2) is 6.00. The summed E-state index contributed by atoms with van der Waals surface area (Å²) in [5.41, 5.74) is -0.801. The lowest BCUT2D eigenvalue weighted by atomic mass is 10.0. The smallest absolute Gasteiger partial charge is 0.397 e. The van der Waals surface area contributed by atoms with Crippen LogP contribution in [0.15, 0.2) is 42.5 Å². The third-order valence-corrected chi connectivity index (χ3v) is 4.37. The molecule has 0 bridgehead atoms. The van der Waals surface area contributed by atoms with E-state index in [0.29, 0.717) is 5.75 Å². The van der Waals surface area contributed by atoms with Crippen LogP contribution < -0.4 is 4.74 Å². The van der Waals surface area contributed by atoms with Crippen molar-refractivity contribution < 1.29 is 27.4 Å². The molecule has 0 radical (unpaired) electrons. The maximum absolute atomic E-state index is 13.7. The van der Waals surface area contributed by atoms with Crippen LogP contribution in [0, 0.1) is 11.2 Å². The predicted octanol–water partition coefficient (Wildman–Crippen LogP) is 4.84. The number of rotatable bonds is 5. The summed E-state index contributed by atoms with van der Waals surface area (Å²) in [7, 11) is 0. The van der Waals surface area contributed by atoms with Crippen molar-refractivity contribution in [2.45, 2.75) is 25.4 Å². The quantitative estimate of drug-likeness (QED) is 0.789. The molecule has 1 aliphatic carbocycles. The van der Waals surface area contributed by atoms with E-state index in [9.17, 15) is 22.7 Å². The van der Waals surface area contributed by atoms with E-state index in [1.165, 1.54) is 18.2 Å². The lowest BCUT2D eigenvalue weighted by molar-refractivity contribution is -0.194. The highest BCUT2D eigenvalue weighted by Crippen LogP contribution is 2.57. The molecule has 24 heavy (non-hydrogen) atoms. The van der Waals surface area contributed by atoms with Crippen LogP contribution in [0.5, 0.6) is 11.5 Å². The summed E-state index contributed by atoms with van der Waals surface area (Å²) in [5.74, 6) is -0.292. The van der Waals surface area contributed by atoms with Crippen molar-refractivity contribution in [1.29, 1.82) is 0 Å². The zero-order valence-corrected chi connectivity index (χ0v) is 12.7. The van der Waals surface area contributed by atoms with Gasteiger partial charge in [-0.2, -0.15) is 13.2 Å². The Morgan fingerprint density at radius 1 is 1.04 bits per heavy atom. The molecule has 0 aromatic heterocycles. The van der Waals surface area contributed by atoms with Gasteiger partial charge in [-0.05, 0) is 42.7 Å². The molecule has 1 fully saturated rings. The summed E-state index contributed by atoms with van der Waals surface area (Å²) in [6.07, 6.45) is -3.86. The Kier molecular flexibility index (Phi) is 4.15. The molecule has 0 unspecified atom stereocenters. The van der Waals surface area contributed by atoms with E-state index in [1.54, 1.807) is 24.3 Å². The van der Waals surface area contributed by atoms with Crippen LogP contribution in [0.25, 0.3) is 0 Å².